The van der Waals surface area contributed by atoms with Crippen LogP contribution in [0, 0.1) is 6.92 Å². The zero-order valence-corrected chi connectivity index (χ0v) is 12.0. The van der Waals surface area contributed by atoms with Crippen molar-refractivity contribution < 1.29 is 0 Å². The van der Waals surface area contributed by atoms with Crippen molar-refractivity contribution in [3.05, 3.63) is 47.7 Å². The average Bonchev–Trinajstić information content (AvgIpc) is 2.86. The molecule has 2 aromatic rings. The first-order chi connectivity index (χ1) is 9.81. The Balaban J connectivity index is 2.10. The first-order valence-electron chi connectivity index (χ1n) is 7.04. The number of hydrogen-bond acceptors (Lipinski definition) is 3. The van der Waals surface area contributed by atoms with Gasteiger partial charge >= 0.3 is 0 Å². The fourth-order valence-corrected chi connectivity index (χ4v) is 2.69. The van der Waals surface area contributed by atoms with Crippen molar-refractivity contribution in [2.75, 3.05) is 25.5 Å². The lowest BCUT2D eigenvalue weighted by atomic mass is 10.0. The maximum atomic E-state index is 4.83. The van der Waals surface area contributed by atoms with Gasteiger partial charge in [0.05, 0.1) is 11.4 Å². The molecular formula is C16H20N4. The lowest BCUT2D eigenvalue weighted by Gasteiger charge is -2.12. The van der Waals surface area contributed by atoms with Gasteiger partial charge in [0, 0.05) is 19.2 Å². The summed E-state index contributed by atoms with van der Waals surface area (Å²) in [5.74, 6) is 1.06. The van der Waals surface area contributed by atoms with Crippen molar-refractivity contribution >= 4 is 11.4 Å². The molecule has 0 spiro atoms. The van der Waals surface area contributed by atoms with Crippen LogP contribution in [0.2, 0.25) is 0 Å². The third-order valence-electron chi connectivity index (χ3n) is 3.73. The van der Waals surface area contributed by atoms with Gasteiger partial charge < -0.3 is 10.6 Å². The van der Waals surface area contributed by atoms with Crippen molar-refractivity contribution in [2.24, 2.45) is 0 Å². The van der Waals surface area contributed by atoms with Crippen molar-refractivity contribution in [1.82, 2.24) is 15.1 Å². The normalized spacial score (nSPS) is 15.0. The summed E-state index contributed by atoms with van der Waals surface area (Å²) >= 11 is 0. The Labute approximate surface area is 119 Å². The summed E-state index contributed by atoms with van der Waals surface area (Å²) in [7, 11) is 1.95. The smallest absolute Gasteiger partial charge is 0.133 e. The van der Waals surface area contributed by atoms with E-state index in [0.29, 0.717) is 0 Å². The van der Waals surface area contributed by atoms with Gasteiger partial charge in [-0.05, 0) is 37.6 Å². The zero-order chi connectivity index (χ0) is 13.9. The minimum absolute atomic E-state index is 0.932. The Morgan fingerprint density at radius 3 is 2.70 bits per heavy atom. The van der Waals surface area contributed by atoms with E-state index in [1.54, 1.807) is 0 Å². The first-order valence-corrected chi connectivity index (χ1v) is 7.04. The fourth-order valence-electron chi connectivity index (χ4n) is 2.69. The topological polar surface area (TPSA) is 41.9 Å². The third-order valence-corrected chi connectivity index (χ3v) is 3.73. The van der Waals surface area contributed by atoms with Crippen LogP contribution in [0.3, 0.4) is 0 Å². The number of nitrogens with zero attached hydrogens (tertiary/aromatic N) is 2. The highest BCUT2D eigenvalue weighted by atomic mass is 15.3. The standard InChI is InChI=1S/C16H20N4/c1-12-15(13-8-10-18-11-9-13)19-20(16(12)17-2)14-6-4-3-5-7-14/h3-8,17-18H,9-11H2,1-2H3. The van der Waals surface area contributed by atoms with Gasteiger partial charge in [0.1, 0.15) is 5.82 Å². The molecule has 0 radical (unpaired) electrons. The summed E-state index contributed by atoms with van der Waals surface area (Å²) in [6.07, 6.45) is 3.28. The molecular weight excluding hydrogens is 248 g/mol. The summed E-state index contributed by atoms with van der Waals surface area (Å²) in [6.45, 7) is 4.09. The second-order valence-electron chi connectivity index (χ2n) is 5.00. The van der Waals surface area contributed by atoms with Crippen LogP contribution < -0.4 is 10.6 Å². The van der Waals surface area contributed by atoms with Gasteiger partial charge in [-0.2, -0.15) is 5.10 Å². The van der Waals surface area contributed by atoms with Crippen LogP contribution in [-0.4, -0.2) is 29.9 Å². The molecule has 1 aromatic heterocycles. The molecule has 0 bridgehead atoms. The quantitative estimate of drug-likeness (QED) is 0.899. The number of anilines is 1. The molecule has 0 fully saturated rings. The number of benzene rings is 1. The Morgan fingerprint density at radius 1 is 1.25 bits per heavy atom. The first kappa shape index (κ1) is 12.9. The summed E-state index contributed by atoms with van der Waals surface area (Å²) in [5.41, 5.74) is 4.75. The molecule has 20 heavy (non-hydrogen) atoms. The SMILES string of the molecule is CNc1c(C)c(C2=CCNCC2)nn1-c1ccccc1. The van der Waals surface area contributed by atoms with Gasteiger partial charge in [-0.15, -0.1) is 0 Å². The van der Waals surface area contributed by atoms with E-state index in [2.05, 4.69) is 35.8 Å². The van der Waals surface area contributed by atoms with Gasteiger partial charge in [-0.1, -0.05) is 24.3 Å². The van der Waals surface area contributed by atoms with Crippen molar-refractivity contribution in [3.63, 3.8) is 0 Å². The molecule has 0 aliphatic carbocycles. The van der Waals surface area contributed by atoms with Crippen LogP contribution in [0.1, 0.15) is 17.7 Å². The monoisotopic (exact) mass is 268 g/mol. The van der Waals surface area contributed by atoms with Crippen LogP contribution in [0.4, 0.5) is 5.82 Å². The van der Waals surface area contributed by atoms with Crippen LogP contribution in [0.5, 0.6) is 0 Å². The Morgan fingerprint density at radius 2 is 2.05 bits per heavy atom. The highest BCUT2D eigenvalue weighted by molar-refractivity contribution is 5.71. The molecule has 1 aliphatic heterocycles. The third kappa shape index (κ3) is 2.23. The number of hydrogen-bond donors (Lipinski definition) is 2. The largest absolute Gasteiger partial charge is 0.373 e. The average molecular weight is 268 g/mol. The van der Waals surface area contributed by atoms with Crippen molar-refractivity contribution in [3.8, 4) is 5.69 Å². The minimum atomic E-state index is 0.932. The molecule has 2 N–H and O–H groups in total. The van der Waals surface area contributed by atoms with E-state index in [0.717, 1.165) is 36.7 Å². The van der Waals surface area contributed by atoms with E-state index in [-0.39, 0.29) is 0 Å². The van der Waals surface area contributed by atoms with Crippen molar-refractivity contribution in [2.45, 2.75) is 13.3 Å². The number of aromatic nitrogens is 2. The summed E-state index contributed by atoms with van der Waals surface area (Å²) < 4.78 is 1.99. The van der Waals surface area contributed by atoms with E-state index in [9.17, 15) is 0 Å². The van der Waals surface area contributed by atoms with E-state index >= 15 is 0 Å². The van der Waals surface area contributed by atoms with Crippen LogP contribution in [0.25, 0.3) is 11.3 Å². The lowest BCUT2D eigenvalue weighted by molar-refractivity contribution is 0.734. The predicted molar refractivity (Wildman–Crippen MR) is 83.3 cm³/mol. The van der Waals surface area contributed by atoms with Gasteiger partial charge in [0.25, 0.3) is 0 Å². The highest BCUT2D eigenvalue weighted by Gasteiger charge is 2.18. The highest BCUT2D eigenvalue weighted by Crippen LogP contribution is 2.29. The summed E-state index contributed by atoms with van der Waals surface area (Å²) in [4.78, 5) is 0. The van der Waals surface area contributed by atoms with Gasteiger partial charge in [0.2, 0.25) is 0 Å². The minimum Gasteiger partial charge on any atom is -0.373 e. The van der Waals surface area contributed by atoms with E-state index in [1.807, 2.05) is 29.9 Å². The molecule has 0 unspecified atom stereocenters. The number of rotatable bonds is 3. The number of para-hydroxylation sites is 1. The molecule has 104 valence electrons. The zero-order valence-electron chi connectivity index (χ0n) is 12.0. The second-order valence-corrected chi connectivity index (χ2v) is 5.00. The second kappa shape index (κ2) is 5.51. The molecule has 1 aromatic carbocycles. The Bertz CT molecular complexity index is 625. The predicted octanol–water partition coefficient (Wildman–Crippen LogP) is 2.60. The summed E-state index contributed by atoms with van der Waals surface area (Å²) in [6, 6.07) is 10.3. The van der Waals surface area contributed by atoms with Gasteiger partial charge in [-0.25, -0.2) is 4.68 Å². The Kier molecular flexibility index (Phi) is 3.56. The maximum absolute atomic E-state index is 4.83. The molecule has 2 heterocycles. The van der Waals surface area contributed by atoms with Crippen LogP contribution >= 0.6 is 0 Å². The maximum Gasteiger partial charge on any atom is 0.133 e. The summed E-state index contributed by atoms with van der Waals surface area (Å²) in [5, 5.41) is 11.5. The number of nitrogens with one attached hydrogen (secondary N) is 2. The van der Waals surface area contributed by atoms with Gasteiger partial charge in [-0.3, -0.25) is 0 Å². The molecule has 4 nitrogen and oxygen atoms in total. The molecule has 4 heteroatoms. The molecule has 1 aliphatic rings. The van der Waals surface area contributed by atoms with Crippen LogP contribution in [0.15, 0.2) is 36.4 Å². The van der Waals surface area contributed by atoms with Crippen molar-refractivity contribution in [1.29, 1.82) is 0 Å². The molecule has 0 saturated heterocycles. The molecule has 3 rings (SSSR count). The fraction of sp³-hybridized carbons (Fsp3) is 0.312. The molecule has 0 amide bonds. The van der Waals surface area contributed by atoms with E-state index in [4.69, 9.17) is 5.10 Å². The van der Waals surface area contributed by atoms with Gasteiger partial charge in [0.15, 0.2) is 0 Å². The Hall–Kier alpha value is -2.07. The molecule has 0 saturated carbocycles. The van der Waals surface area contributed by atoms with Crippen LogP contribution in [-0.2, 0) is 0 Å². The molecule has 0 atom stereocenters. The lowest BCUT2D eigenvalue weighted by Crippen LogP contribution is -2.20. The van der Waals surface area contributed by atoms with E-state index in [1.165, 1.54) is 11.1 Å². The van der Waals surface area contributed by atoms with E-state index < -0.39 is 0 Å².